The van der Waals surface area contributed by atoms with Gasteiger partial charge in [0.2, 0.25) is 0 Å². The first-order chi connectivity index (χ1) is 10.2. The van der Waals surface area contributed by atoms with E-state index in [4.69, 9.17) is 16.6 Å². The molecule has 5 heteroatoms. The van der Waals surface area contributed by atoms with Crippen LogP contribution in [0.4, 0.5) is 0 Å². The minimum absolute atomic E-state index is 0.632. The number of hydrogen-bond donors (Lipinski definition) is 0. The molecule has 0 amide bonds. The van der Waals surface area contributed by atoms with Crippen LogP contribution < -0.4 is 0 Å². The minimum atomic E-state index is 0.632. The van der Waals surface area contributed by atoms with Crippen LogP contribution in [-0.4, -0.2) is 25.2 Å². The van der Waals surface area contributed by atoms with Crippen LogP contribution in [0, 0.1) is 24.7 Å². The molecule has 0 bridgehead atoms. The van der Waals surface area contributed by atoms with Crippen molar-refractivity contribution in [3.05, 3.63) is 11.5 Å². The van der Waals surface area contributed by atoms with E-state index in [1.807, 2.05) is 18.7 Å². The molecular weight excluding hydrogens is 284 g/mol. The Labute approximate surface area is 130 Å². The molecule has 2 aromatic heterocycles. The van der Waals surface area contributed by atoms with Crippen molar-refractivity contribution in [2.24, 2.45) is 24.8 Å². The lowest BCUT2D eigenvalue weighted by Gasteiger charge is -2.18. The van der Waals surface area contributed by atoms with Crippen molar-refractivity contribution < 1.29 is 0 Å². The van der Waals surface area contributed by atoms with E-state index < -0.39 is 0 Å². The van der Waals surface area contributed by atoms with Crippen LogP contribution >= 0.6 is 11.6 Å². The van der Waals surface area contributed by atoms with Crippen molar-refractivity contribution in [3.63, 3.8) is 0 Å². The zero-order chi connectivity index (χ0) is 14.6. The summed E-state index contributed by atoms with van der Waals surface area (Å²) in [5.74, 6) is 4.52. The van der Waals surface area contributed by atoms with Crippen LogP contribution in [0.15, 0.2) is 0 Å². The van der Waals surface area contributed by atoms with Crippen molar-refractivity contribution in [2.45, 2.75) is 45.6 Å². The minimum Gasteiger partial charge on any atom is -0.313 e. The van der Waals surface area contributed by atoms with Crippen molar-refractivity contribution >= 4 is 22.8 Å². The Hall–Kier alpha value is -1.03. The number of imidazole rings is 1. The van der Waals surface area contributed by atoms with Gasteiger partial charge in [0.05, 0.1) is 5.69 Å². The predicted molar refractivity (Wildman–Crippen MR) is 84.6 cm³/mol. The number of alkyl halides is 1. The first-order valence-corrected chi connectivity index (χ1v) is 8.67. The highest BCUT2D eigenvalue weighted by Crippen LogP contribution is 2.50. The second-order valence-corrected chi connectivity index (χ2v) is 7.18. The van der Waals surface area contributed by atoms with Gasteiger partial charge in [-0.2, -0.15) is 5.10 Å². The Morgan fingerprint density at radius 3 is 2.48 bits per heavy atom. The maximum absolute atomic E-state index is 5.99. The van der Waals surface area contributed by atoms with Gasteiger partial charge in [-0.3, -0.25) is 4.68 Å². The van der Waals surface area contributed by atoms with E-state index in [1.54, 1.807) is 0 Å². The topological polar surface area (TPSA) is 35.6 Å². The van der Waals surface area contributed by atoms with Crippen LogP contribution in [0.25, 0.3) is 11.2 Å². The highest BCUT2D eigenvalue weighted by atomic mass is 35.5. The fourth-order valence-corrected chi connectivity index (χ4v) is 3.96. The lowest BCUT2D eigenvalue weighted by atomic mass is 9.98. The second kappa shape index (κ2) is 5.01. The van der Waals surface area contributed by atoms with Crippen molar-refractivity contribution in [1.82, 2.24) is 19.3 Å². The lowest BCUT2D eigenvalue weighted by molar-refractivity contribution is 0.346. The molecule has 0 aromatic carbocycles. The summed E-state index contributed by atoms with van der Waals surface area (Å²) in [6, 6.07) is 0. The molecule has 2 aliphatic rings. The number of nitrogens with zero attached hydrogens (tertiary/aromatic N) is 4. The molecule has 4 rings (SSSR count). The molecule has 2 aromatic rings. The van der Waals surface area contributed by atoms with Gasteiger partial charge in [0.1, 0.15) is 11.3 Å². The van der Waals surface area contributed by atoms with Gasteiger partial charge in [-0.1, -0.05) is 0 Å². The summed E-state index contributed by atoms with van der Waals surface area (Å²) in [4.78, 5) is 4.83. The zero-order valence-electron chi connectivity index (χ0n) is 12.8. The van der Waals surface area contributed by atoms with Gasteiger partial charge in [-0.25, -0.2) is 4.98 Å². The molecule has 2 saturated carbocycles. The quantitative estimate of drug-likeness (QED) is 0.768. The van der Waals surface area contributed by atoms with E-state index in [-0.39, 0.29) is 0 Å². The Balaban J connectivity index is 1.75. The molecule has 0 unspecified atom stereocenters. The van der Waals surface area contributed by atoms with E-state index >= 15 is 0 Å². The first kappa shape index (κ1) is 13.6. The number of rotatable bonds is 6. The average Bonchev–Trinajstić information content (AvgIpc) is 3.34. The SMILES string of the molecule is Cc1nn(C)c2c1nc(CCCl)n2CC(C1CC1)C1CC1. The van der Waals surface area contributed by atoms with E-state index in [0.717, 1.165) is 47.8 Å². The highest BCUT2D eigenvalue weighted by Gasteiger charge is 2.42. The standard InChI is InChI=1S/C16H23ClN4/c1-10-15-16(20(2)19-10)21(14(18-15)7-8-17)9-13(11-3-4-11)12-5-6-12/h11-13H,3-9H2,1-2H3. The number of aryl methyl sites for hydroxylation is 3. The lowest BCUT2D eigenvalue weighted by Crippen LogP contribution is -2.18. The molecule has 2 aliphatic carbocycles. The second-order valence-electron chi connectivity index (χ2n) is 6.80. The summed E-state index contributed by atoms with van der Waals surface area (Å²) < 4.78 is 4.41. The molecule has 4 nitrogen and oxygen atoms in total. The molecule has 21 heavy (non-hydrogen) atoms. The van der Waals surface area contributed by atoms with Crippen molar-refractivity contribution in [1.29, 1.82) is 0 Å². The van der Waals surface area contributed by atoms with Crippen LogP contribution in [0.3, 0.4) is 0 Å². The Kier molecular flexibility index (Phi) is 3.25. The Morgan fingerprint density at radius 2 is 1.90 bits per heavy atom. The number of fused-ring (bicyclic) bond motifs is 1. The van der Waals surface area contributed by atoms with E-state index in [0.29, 0.717) is 5.88 Å². The number of hydrogen-bond acceptors (Lipinski definition) is 2. The number of halogens is 1. The summed E-state index contributed by atoms with van der Waals surface area (Å²) in [5, 5.41) is 4.54. The largest absolute Gasteiger partial charge is 0.313 e. The molecule has 2 fully saturated rings. The summed E-state index contributed by atoms with van der Waals surface area (Å²) in [6.45, 7) is 3.15. The molecule has 2 heterocycles. The first-order valence-electron chi connectivity index (χ1n) is 8.13. The summed E-state index contributed by atoms with van der Waals surface area (Å²) in [6.07, 6.45) is 6.54. The smallest absolute Gasteiger partial charge is 0.158 e. The maximum Gasteiger partial charge on any atom is 0.158 e. The van der Waals surface area contributed by atoms with Crippen molar-refractivity contribution in [3.8, 4) is 0 Å². The molecule has 114 valence electrons. The van der Waals surface area contributed by atoms with Gasteiger partial charge in [-0.05, 0) is 50.4 Å². The third-order valence-electron chi connectivity index (χ3n) is 5.14. The molecule has 0 aliphatic heterocycles. The summed E-state index contributed by atoms with van der Waals surface area (Å²) in [7, 11) is 2.03. The van der Waals surface area contributed by atoms with Crippen LogP contribution in [-0.2, 0) is 20.0 Å². The fourth-order valence-electron chi connectivity index (χ4n) is 3.79. The predicted octanol–water partition coefficient (Wildman–Crippen LogP) is 3.30. The summed E-state index contributed by atoms with van der Waals surface area (Å²) >= 11 is 5.99. The van der Waals surface area contributed by atoms with Crippen LogP contribution in [0.5, 0.6) is 0 Å². The van der Waals surface area contributed by atoms with Crippen molar-refractivity contribution in [2.75, 3.05) is 5.88 Å². The fraction of sp³-hybridized carbons (Fsp3) is 0.750. The van der Waals surface area contributed by atoms with Gasteiger partial charge in [0.25, 0.3) is 0 Å². The third-order valence-corrected chi connectivity index (χ3v) is 5.32. The highest BCUT2D eigenvalue weighted by molar-refractivity contribution is 6.17. The Morgan fingerprint density at radius 1 is 1.24 bits per heavy atom. The van der Waals surface area contributed by atoms with Gasteiger partial charge >= 0.3 is 0 Å². The van der Waals surface area contributed by atoms with Crippen LogP contribution in [0.2, 0.25) is 0 Å². The summed E-state index contributed by atoms with van der Waals surface area (Å²) in [5.41, 5.74) is 3.26. The molecule has 0 N–H and O–H groups in total. The van der Waals surface area contributed by atoms with E-state index in [2.05, 4.69) is 9.67 Å². The number of aromatic nitrogens is 4. The zero-order valence-corrected chi connectivity index (χ0v) is 13.6. The van der Waals surface area contributed by atoms with Crippen LogP contribution in [0.1, 0.15) is 37.2 Å². The maximum atomic E-state index is 5.99. The van der Waals surface area contributed by atoms with Gasteiger partial charge in [0.15, 0.2) is 5.65 Å². The molecular formula is C16H23ClN4. The van der Waals surface area contributed by atoms with Gasteiger partial charge in [-0.15, -0.1) is 11.6 Å². The van der Waals surface area contributed by atoms with Gasteiger partial charge in [0, 0.05) is 25.9 Å². The Bertz CT molecular complexity index is 651. The third kappa shape index (κ3) is 2.37. The molecule has 0 radical (unpaired) electrons. The molecule has 0 atom stereocenters. The van der Waals surface area contributed by atoms with Gasteiger partial charge < -0.3 is 4.57 Å². The monoisotopic (exact) mass is 306 g/mol. The molecule has 0 saturated heterocycles. The normalized spacial score (nSPS) is 19.0. The van der Waals surface area contributed by atoms with E-state index in [9.17, 15) is 0 Å². The molecule has 0 spiro atoms. The average molecular weight is 307 g/mol. The van der Waals surface area contributed by atoms with E-state index in [1.165, 1.54) is 31.3 Å².